The van der Waals surface area contributed by atoms with Crippen molar-refractivity contribution in [3.05, 3.63) is 48.8 Å². The molecule has 7 nitrogen and oxygen atoms in total. The first-order chi connectivity index (χ1) is 14.6. The lowest BCUT2D eigenvalue weighted by molar-refractivity contribution is 0.272. The van der Waals surface area contributed by atoms with Gasteiger partial charge in [0.1, 0.15) is 5.69 Å². The molecular weight excluding hydrogens is 376 g/mol. The number of hydrogen-bond donors (Lipinski definition) is 3. The summed E-state index contributed by atoms with van der Waals surface area (Å²) in [7, 11) is 1.90. The number of rotatable bonds is 4. The lowest BCUT2D eigenvalue weighted by Gasteiger charge is -2.17. The normalized spacial score (nSPS) is 16.0. The second-order valence-electron chi connectivity index (χ2n) is 7.92. The van der Waals surface area contributed by atoms with Gasteiger partial charge >= 0.3 is 0 Å². The van der Waals surface area contributed by atoms with Crippen molar-refractivity contribution >= 4 is 22.3 Å². The monoisotopic (exact) mass is 402 g/mol. The number of aromatic nitrogens is 4. The summed E-state index contributed by atoms with van der Waals surface area (Å²) in [5.41, 5.74) is 7.45. The van der Waals surface area contributed by atoms with E-state index in [1.54, 1.807) is 4.68 Å². The first-order valence-corrected chi connectivity index (χ1v) is 10.4. The van der Waals surface area contributed by atoms with Crippen molar-refractivity contribution in [2.75, 3.05) is 23.8 Å². The highest BCUT2D eigenvalue weighted by Crippen LogP contribution is 2.39. The van der Waals surface area contributed by atoms with Gasteiger partial charge in [-0.05, 0) is 37.1 Å². The van der Waals surface area contributed by atoms with E-state index in [1.807, 2.05) is 24.1 Å². The number of anilines is 2. The molecule has 7 heteroatoms. The molecule has 0 amide bonds. The van der Waals surface area contributed by atoms with Crippen LogP contribution in [0.5, 0.6) is 0 Å². The molecule has 3 N–H and O–H groups in total. The van der Waals surface area contributed by atoms with Crippen LogP contribution in [0.15, 0.2) is 48.8 Å². The Kier molecular flexibility index (Phi) is 4.67. The van der Waals surface area contributed by atoms with Crippen LogP contribution in [-0.2, 0) is 13.6 Å². The Labute approximate surface area is 175 Å². The standard InChI is InChI=1S/C23H26N6O/c1-15-8-9-24-20-5-3-4-18(23(20)26-15)16-6-7-21-19(12-16)22(27-29(21)10-11-30)17-13-25-28(2)14-17/h3-7,12-15,24,26,30H,8-11H2,1-2H3/t15-/m1/s1. The van der Waals surface area contributed by atoms with Gasteiger partial charge in [-0.25, -0.2) is 0 Å². The highest BCUT2D eigenvalue weighted by molar-refractivity contribution is 5.98. The largest absolute Gasteiger partial charge is 0.394 e. The smallest absolute Gasteiger partial charge is 0.103 e. The third-order valence-corrected chi connectivity index (χ3v) is 5.70. The van der Waals surface area contributed by atoms with E-state index in [0.29, 0.717) is 12.6 Å². The summed E-state index contributed by atoms with van der Waals surface area (Å²) in [4.78, 5) is 0. The molecule has 0 unspecified atom stereocenters. The Morgan fingerprint density at radius 2 is 2.10 bits per heavy atom. The van der Waals surface area contributed by atoms with Gasteiger partial charge in [0.15, 0.2) is 0 Å². The maximum atomic E-state index is 9.49. The summed E-state index contributed by atoms with van der Waals surface area (Å²) in [6.07, 6.45) is 4.88. The molecule has 1 atom stereocenters. The highest BCUT2D eigenvalue weighted by atomic mass is 16.3. The van der Waals surface area contributed by atoms with Gasteiger partial charge in [-0.3, -0.25) is 9.36 Å². The molecule has 1 aliphatic rings. The van der Waals surface area contributed by atoms with E-state index in [2.05, 4.69) is 59.1 Å². The van der Waals surface area contributed by atoms with E-state index in [9.17, 15) is 5.11 Å². The zero-order valence-corrected chi connectivity index (χ0v) is 17.3. The molecule has 0 radical (unpaired) electrons. The van der Waals surface area contributed by atoms with E-state index in [1.165, 1.54) is 5.56 Å². The van der Waals surface area contributed by atoms with Crippen LogP contribution >= 0.6 is 0 Å². The van der Waals surface area contributed by atoms with Gasteiger partial charge in [0.25, 0.3) is 0 Å². The highest BCUT2D eigenvalue weighted by Gasteiger charge is 2.19. The third kappa shape index (κ3) is 3.21. The average Bonchev–Trinajstić information content (AvgIpc) is 3.26. The number of aryl methyl sites for hydroxylation is 1. The van der Waals surface area contributed by atoms with Gasteiger partial charge in [-0.2, -0.15) is 10.2 Å². The summed E-state index contributed by atoms with van der Waals surface area (Å²) < 4.78 is 3.65. The SMILES string of the molecule is C[C@@H]1CCNc2cccc(-c3ccc4c(c3)c(-c3cnn(C)c3)nn4CCO)c2N1. The second kappa shape index (κ2) is 7.50. The number of nitrogens with zero attached hydrogens (tertiary/aromatic N) is 4. The summed E-state index contributed by atoms with van der Waals surface area (Å²) in [6.45, 7) is 3.68. The minimum Gasteiger partial charge on any atom is -0.394 e. The van der Waals surface area contributed by atoms with Crippen LogP contribution in [0.4, 0.5) is 11.4 Å². The lowest BCUT2D eigenvalue weighted by Crippen LogP contribution is -2.15. The maximum absolute atomic E-state index is 9.49. The molecule has 4 aromatic rings. The van der Waals surface area contributed by atoms with Gasteiger partial charge < -0.3 is 15.7 Å². The zero-order chi connectivity index (χ0) is 20.7. The van der Waals surface area contributed by atoms with Gasteiger partial charge in [-0.1, -0.05) is 18.2 Å². The van der Waals surface area contributed by atoms with Crippen LogP contribution in [0.2, 0.25) is 0 Å². The van der Waals surface area contributed by atoms with Crippen LogP contribution in [0.3, 0.4) is 0 Å². The fourth-order valence-corrected chi connectivity index (χ4v) is 4.21. The Morgan fingerprint density at radius 3 is 2.90 bits per heavy atom. The van der Waals surface area contributed by atoms with E-state index < -0.39 is 0 Å². The Balaban J connectivity index is 1.69. The molecule has 0 bridgehead atoms. The topological polar surface area (TPSA) is 79.9 Å². The van der Waals surface area contributed by atoms with E-state index in [-0.39, 0.29) is 6.61 Å². The Bertz CT molecular complexity index is 1210. The fourth-order valence-electron chi connectivity index (χ4n) is 4.21. The average molecular weight is 403 g/mol. The molecule has 0 saturated heterocycles. The van der Waals surface area contributed by atoms with Crippen molar-refractivity contribution in [1.29, 1.82) is 0 Å². The quantitative estimate of drug-likeness (QED) is 0.485. The summed E-state index contributed by atoms with van der Waals surface area (Å²) in [5.74, 6) is 0. The number of hydrogen-bond acceptors (Lipinski definition) is 5. The summed E-state index contributed by atoms with van der Waals surface area (Å²) in [6, 6.07) is 13.2. The van der Waals surface area contributed by atoms with Gasteiger partial charge in [0, 0.05) is 42.3 Å². The minimum absolute atomic E-state index is 0.0463. The summed E-state index contributed by atoms with van der Waals surface area (Å²) >= 11 is 0. The molecular formula is C23H26N6O. The molecule has 2 aromatic carbocycles. The molecule has 2 aromatic heterocycles. The molecule has 0 aliphatic carbocycles. The van der Waals surface area contributed by atoms with Crippen molar-refractivity contribution in [2.24, 2.45) is 7.05 Å². The first-order valence-electron chi connectivity index (χ1n) is 10.4. The van der Waals surface area contributed by atoms with Crippen LogP contribution in [0, 0.1) is 0 Å². The molecule has 0 saturated carbocycles. The van der Waals surface area contributed by atoms with Crippen molar-refractivity contribution in [3.63, 3.8) is 0 Å². The van der Waals surface area contributed by atoms with Gasteiger partial charge in [0.2, 0.25) is 0 Å². The Morgan fingerprint density at radius 1 is 1.20 bits per heavy atom. The van der Waals surface area contributed by atoms with E-state index in [4.69, 9.17) is 5.10 Å². The maximum Gasteiger partial charge on any atom is 0.103 e. The molecule has 154 valence electrons. The number of fused-ring (bicyclic) bond motifs is 2. The second-order valence-corrected chi connectivity index (χ2v) is 7.92. The number of para-hydroxylation sites is 1. The van der Waals surface area contributed by atoms with Crippen LogP contribution < -0.4 is 10.6 Å². The van der Waals surface area contributed by atoms with Crippen LogP contribution in [0.1, 0.15) is 13.3 Å². The van der Waals surface area contributed by atoms with E-state index in [0.717, 1.165) is 52.1 Å². The molecule has 0 spiro atoms. The molecule has 1 aliphatic heterocycles. The number of nitrogens with one attached hydrogen (secondary N) is 2. The van der Waals surface area contributed by atoms with Crippen molar-refractivity contribution in [1.82, 2.24) is 19.6 Å². The molecule has 30 heavy (non-hydrogen) atoms. The van der Waals surface area contributed by atoms with Gasteiger partial charge in [-0.15, -0.1) is 0 Å². The molecule has 0 fully saturated rings. The molecule has 5 rings (SSSR count). The fraction of sp³-hybridized carbons (Fsp3) is 0.304. The zero-order valence-electron chi connectivity index (χ0n) is 17.3. The van der Waals surface area contributed by atoms with Crippen molar-refractivity contribution < 1.29 is 5.11 Å². The Hall–Kier alpha value is -3.32. The number of benzene rings is 2. The number of aliphatic hydroxyl groups excluding tert-OH is 1. The first kappa shape index (κ1) is 18.7. The lowest BCUT2D eigenvalue weighted by atomic mass is 9.99. The number of aliphatic hydroxyl groups is 1. The molecule has 3 heterocycles. The van der Waals surface area contributed by atoms with E-state index >= 15 is 0 Å². The predicted octanol–water partition coefficient (Wildman–Crippen LogP) is 3.71. The van der Waals surface area contributed by atoms with Crippen LogP contribution in [-0.4, -0.2) is 43.9 Å². The summed E-state index contributed by atoms with van der Waals surface area (Å²) in [5, 5.41) is 26.9. The van der Waals surface area contributed by atoms with Crippen molar-refractivity contribution in [3.8, 4) is 22.4 Å². The van der Waals surface area contributed by atoms with Crippen LogP contribution in [0.25, 0.3) is 33.3 Å². The minimum atomic E-state index is 0.0463. The third-order valence-electron chi connectivity index (χ3n) is 5.70. The predicted molar refractivity (Wildman–Crippen MR) is 121 cm³/mol. The van der Waals surface area contributed by atoms with Crippen molar-refractivity contribution in [2.45, 2.75) is 25.9 Å². The van der Waals surface area contributed by atoms with Gasteiger partial charge in [0.05, 0.1) is 36.2 Å².